The quantitative estimate of drug-likeness (QED) is 0.903. The van der Waals surface area contributed by atoms with Gasteiger partial charge in [0.2, 0.25) is 0 Å². The number of aryl methyl sites for hydroxylation is 1. The monoisotopic (exact) mass is 249 g/mol. The molecule has 0 unspecified atom stereocenters. The third-order valence-corrected chi connectivity index (χ3v) is 3.19. The minimum Gasteiger partial charge on any atom is -0.329 e. The number of nitrogens with one attached hydrogen (secondary N) is 1. The first-order valence-electron chi connectivity index (χ1n) is 5.63. The van der Waals surface area contributed by atoms with Crippen molar-refractivity contribution in [2.75, 3.05) is 13.6 Å². The van der Waals surface area contributed by atoms with Crippen molar-refractivity contribution in [3.8, 4) is 11.3 Å². The molecule has 0 aliphatic heterocycles. The summed E-state index contributed by atoms with van der Waals surface area (Å²) in [5.41, 5.74) is 3.30. The van der Waals surface area contributed by atoms with Crippen LogP contribution < -0.4 is 5.32 Å². The molecule has 0 aliphatic carbocycles. The number of nitrogens with zero attached hydrogens (tertiary/aromatic N) is 2. The summed E-state index contributed by atoms with van der Waals surface area (Å²) >= 11 is 6.15. The summed E-state index contributed by atoms with van der Waals surface area (Å²) < 4.78 is 2.12. The molecule has 2 rings (SSSR count). The average molecular weight is 250 g/mol. The molecular weight excluding hydrogens is 234 g/mol. The number of imidazole rings is 1. The molecule has 0 saturated carbocycles. The van der Waals surface area contributed by atoms with Crippen LogP contribution in [0.4, 0.5) is 0 Å². The predicted molar refractivity (Wildman–Crippen MR) is 71.3 cm³/mol. The first kappa shape index (κ1) is 12.1. The number of benzene rings is 1. The van der Waals surface area contributed by atoms with Crippen molar-refractivity contribution < 1.29 is 0 Å². The van der Waals surface area contributed by atoms with Gasteiger partial charge in [0.1, 0.15) is 0 Å². The van der Waals surface area contributed by atoms with E-state index < -0.39 is 0 Å². The minimum atomic E-state index is 0.795. The van der Waals surface area contributed by atoms with Crippen LogP contribution in [0, 0.1) is 6.92 Å². The number of hydrogen-bond acceptors (Lipinski definition) is 2. The molecule has 0 aliphatic rings. The highest BCUT2D eigenvalue weighted by molar-refractivity contribution is 6.31. The van der Waals surface area contributed by atoms with Gasteiger partial charge in [0.05, 0.1) is 18.2 Å². The summed E-state index contributed by atoms with van der Waals surface area (Å²) in [5, 5.41) is 3.93. The molecule has 0 bridgehead atoms. The fourth-order valence-electron chi connectivity index (χ4n) is 1.72. The van der Waals surface area contributed by atoms with Crippen molar-refractivity contribution >= 4 is 11.6 Å². The maximum atomic E-state index is 6.15. The highest BCUT2D eigenvalue weighted by Gasteiger charge is 2.06. The summed E-state index contributed by atoms with van der Waals surface area (Å²) in [6.07, 6.45) is 3.72. The maximum Gasteiger partial charge on any atom is 0.0951 e. The third-order valence-electron chi connectivity index (χ3n) is 2.78. The Labute approximate surface area is 106 Å². The summed E-state index contributed by atoms with van der Waals surface area (Å²) in [4.78, 5) is 4.20. The first-order valence-corrected chi connectivity index (χ1v) is 6.01. The summed E-state index contributed by atoms with van der Waals surface area (Å²) in [6.45, 7) is 3.82. The number of hydrogen-bond donors (Lipinski definition) is 1. The molecule has 0 saturated heterocycles. The van der Waals surface area contributed by atoms with Gasteiger partial charge in [-0.2, -0.15) is 0 Å². The van der Waals surface area contributed by atoms with Crippen LogP contribution in [0.25, 0.3) is 11.3 Å². The summed E-state index contributed by atoms with van der Waals surface area (Å²) in [7, 11) is 1.94. The summed E-state index contributed by atoms with van der Waals surface area (Å²) in [6, 6.07) is 6.10. The van der Waals surface area contributed by atoms with Crippen LogP contribution in [0.3, 0.4) is 0 Å². The Kier molecular flexibility index (Phi) is 3.82. The van der Waals surface area contributed by atoms with E-state index in [0.717, 1.165) is 34.9 Å². The average Bonchev–Trinajstić information content (AvgIpc) is 2.78. The van der Waals surface area contributed by atoms with E-state index in [0.29, 0.717) is 0 Å². The van der Waals surface area contributed by atoms with Crippen molar-refractivity contribution in [2.24, 2.45) is 0 Å². The second-order valence-corrected chi connectivity index (χ2v) is 4.45. The van der Waals surface area contributed by atoms with Gasteiger partial charge >= 0.3 is 0 Å². The molecule has 90 valence electrons. The fraction of sp³-hybridized carbons (Fsp3) is 0.308. The van der Waals surface area contributed by atoms with Crippen LogP contribution >= 0.6 is 11.6 Å². The van der Waals surface area contributed by atoms with Gasteiger partial charge in [0, 0.05) is 23.7 Å². The standard InChI is InChI=1S/C13H16ClN3/c1-10-3-4-11(7-12(10)14)13-8-16-9-17(13)6-5-15-2/h3-4,7-9,15H,5-6H2,1-2H3. The zero-order chi connectivity index (χ0) is 12.3. The van der Waals surface area contributed by atoms with Crippen molar-refractivity contribution in [2.45, 2.75) is 13.5 Å². The second kappa shape index (κ2) is 5.34. The molecule has 1 aromatic carbocycles. The van der Waals surface area contributed by atoms with Crippen LogP contribution in [0.1, 0.15) is 5.56 Å². The van der Waals surface area contributed by atoms with Crippen LogP contribution in [0.15, 0.2) is 30.7 Å². The van der Waals surface area contributed by atoms with Crippen LogP contribution in [-0.4, -0.2) is 23.1 Å². The zero-order valence-electron chi connectivity index (χ0n) is 10.1. The lowest BCUT2D eigenvalue weighted by Crippen LogP contribution is -2.14. The molecule has 0 amide bonds. The third kappa shape index (κ3) is 2.68. The predicted octanol–water partition coefficient (Wildman–Crippen LogP) is 2.73. The second-order valence-electron chi connectivity index (χ2n) is 4.04. The molecule has 1 heterocycles. The first-order chi connectivity index (χ1) is 8.22. The molecule has 2 aromatic rings. The Morgan fingerprint density at radius 3 is 2.94 bits per heavy atom. The Bertz CT molecular complexity index is 505. The van der Waals surface area contributed by atoms with Crippen molar-refractivity contribution in [1.82, 2.24) is 14.9 Å². The lowest BCUT2D eigenvalue weighted by atomic mass is 10.1. The summed E-state index contributed by atoms with van der Waals surface area (Å²) in [5.74, 6) is 0. The lowest BCUT2D eigenvalue weighted by molar-refractivity contribution is 0.648. The Hall–Kier alpha value is -1.32. The largest absolute Gasteiger partial charge is 0.329 e. The molecule has 1 aromatic heterocycles. The molecule has 4 heteroatoms. The lowest BCUT2D eigenvalue weighted by Gasteiger charge is -2.08. The smallest absolute Gasteiger partial charge is 0.0951 e. The van der Waals surface area contributed by atoms with E-state index in [-0.39, 0.29) is 0 Å². The van der Waals surface area contributed by atoms with Gasteiger partial charge < -0.3 is 9.88 Å². The number of halogens is 1. The number of rotatable bonds is 4. The van der Waals surface area contributed by atoms with E-state index in [1.54, 1.807) is 0 Å². The molecule has 0 atom stereocenters. The SMILES string of the molecule is CNCCn1cncc1-c1ccc(C)c(Cl)c1. The van der Waals surface area contributed by atoms with Crippen molar-refractivity contribution in [1.29, 1.82) is 0 Å². The van der Waals surface area contributed by atoms with E-state index >= 15 is 0 Å². The molecule has 0 spiro atoms. The van der Waals surface area contributed by atoms with E-state index in [1.165, 1.54) is 0 Å². The van der Waals surface area contributed by atoms with Crippen molar-refractivity contribution in [3.05, 3.63) is 41.3 Å². The zero-order valence-corrected chi connectivity index (χ0v) is 10.8. The van der Waals surface area contributed by atoms with Gasteiger partial charge in [-0.25, -0.2) is 4.98 Å². The van der Waals surface area contributed by atoms with E-state index in [1.807, 2.05) is 38.6 Å². The molecule has 17 heavy (non-hydrogen) atoms. The number of aromatic nitrogens is 2. The number of likely N-dealkylation sites (N-methyl/N-ethyl adjacent to an activating group) is 1. The van der Waals surface area contributed by atoms with Crippen LogP contribution in [0.2, 0.25) is 5.02 Å². The highest BCUT2D eigenvalue weighted by atomic mass is 35.5. The van der Waals surface area contributed by atoms with Crippen LogP contribution in [-0.2, 0) is 6.54 Å². The molecule has 1 N–H and O–H groups in total. The van der Waals surface area contributed by atoms with Crippen LogP contribution in [0.5, 0.6) is 0 Å². The van der Waals surface area contributed by atoms with E-state index in [9.17, 15) is 0 Å². The fourth-order valence-corrected chi connectivity index (χ4v) is 1.90. The van der Waals surface area contributed by atoms with Gasteiger partial charge in [-0.3, -0.25) is 0 Å². The molecule has 3 nitrogen and oxygen atoms in total. The molecular formula is C13H16ClN3. The van der Waals surface area contributed by atoms with E-state index in [2.05, 4.69) is 20.9 Å². The van der Waals surface area contributed by atoms with Gasteiger partial charge in [-0.05, 0) is 25.6 Å². The minimum absolute atomic E-state index is 0.795. The van der Waals surface area contributed by atoms with Gasteiger partial charge in [0.25, 0.3) is 0 Å². The molecule has 0 radical (unpaired) electrons. The van der Waals surface area contributed by atoms with Gasteiger partial charge in [0.15, 0.2) is 0 Å². The van der Waals surface area contributed by atoms with Crippen molar-refractivity contribution in [3.63, 3.8) is 0 Å². The highest BCUT2D eigenvalue weighted by Crippen LogP contribution is 2.24. The Morgan fingerprint density at radius 1 is 1.41 bits per heavy atom. The normalized spacial score (nSPS) is 10.8. The Balaban J connectivity index is 2.32. The Morgan fingerprint density at radius 2 is 2.24 bits per heavy atom. The molecule has 0 fully saturated rings. The maximum absolute atomic E-state index is 6.15. The van der Waals surface area contributed by atoms with Gasteiger partial charge in [-0.15, -0.1) is 0 Å². The topological polar surface area (TPSA) is 29.9 Å². The van der Waals surface area contributed by atoms with Gasteiger partial charge in [-0.1, -0.05) is 23.7 Å². The van der Waals surface area contributed by atoms with E-state index in [4.69, 9.17) is 11.6 Å².